The average Bonchev–Trinajstić information content (AvgIpc) is 3.53. The van der Waals surface area contributed by atoms with Crippen molar-refractivity contribution in [2.75, 3.05) is 10.6 Å². The number of aryl methyl sites for hydroxylation is 2. The zero-order chi connectivity index (χ0) is 25.4. The Labute approximate surface area is 204 Å². The van der Waals surface area contributed by atoms with Gasteiger partial charge >= 0.3 is 18.2 Å². The van der Waals surface area contributed by atoms with Gasteiger partial charge in [0, 0.05) is 18.4 Å². The number of benzene rings is 2. The van der Waals surface area contributed by atoms with Crippen molar-refractivity contribution >= 4 is 17.7 Å². The Morgan fingerprint density at radius 3 is 2.50 bits per heavy atom. The highest BCUT2D eigenvalue weighted by Gasteiger charge is 2.30. The van der Waals surface area contributed by atoms with Crippen molar-refractivity contribution in [3.05, 3.63) is 84.0 Å². The van der Waals surface area contributed by atoms with Gasteiger partial charge in [-0.2, -0.15) is 18.2 Å². The molecular weight excluding hydrogens is 477 g/mol. The predicted molar refractivity (Wildman–Crippen MR) is 124 cm³/mol. The SMILES string of the molecule is O=C(Nc1ccc(C(F)(F)F)cc1)Nc1nc(COc2ccc(CCCCn3ccnn3)cc2)co1. The van der Waals surface area contributed by atoms with Crippen LogP contribution in [0.3, 0.4) is 0 Å². The van der Waals surface area contributed by atoms with Crippen molar-refractivity contribution in [2.45, 2.75) is 38.6 Å². The monoisotopic (exact) mass is 500 g/mol. The lowest BCUT2D eigenvalue weighted by Gasteiger charge is -2.08. The van der Waals surface area contributed by atoms with Gasteiger partial charge in [-0.3, -0.25) is 10.00 Å². The summed E-state index contributed by atoms with van der Waals surface area (Å²) in [6.45, 7) is 0.968. The quantitative estimate of drug-likeness (QED) is 0.277. The molecule has 2 aromatic carbocycles. The number of unbranched alkanes of at least 4 members (excludes halogenated alkanes) is 1. The van der Waals surface area contributed by atoms with Crippen molar-refractivity contribution < 1.29 is 27.1 Å². The molecule has 9 nitrogen and oxygen atoms in total. The van der Waals surface area contributed by atoms with Crippen molar-refractivity contribution in [3.63, 3.8) is 0 Å². The first kappa shape index (κ1) is 24.8. The average molecular weight is 500 g/mol. The van der Waals surface area contributed by atoms with E-state index in [1.54, 1.807) is 6.20 Å². The van der Waals surface area contributed by atoms with E-state index in [0.717, 1.165) is 50.1 Å². The van der Waals surface area contributed by atoms with Crippen molar-refractivity contribution in [3.8, 4) is 5.75 Å². The molecule has 0 bridgehead atoms. The molecule has 36 heavy (non-hydrogen) atoms. The third-order valence-corrected chi connectivity index (χ3v) is 5.13. The van der Waals surface area contributed by atoms with Crippen LogP contribution in [0, 0.1) is 0 Å². The second kappa shape index (κ2) is 11.4. The number of alkyl halides is 3. The maximum absolute atomic E-state index is 12.6. The van der Waals surface area contributed by atoms with Crippen LogP contribution in [-0.2, 0) is 25.7 Å². The van der Waals surface area contributed by atoms with Gasteiger partial charge in [-0.15, -0.1) is 5.10 Å². The normalized spacial score (nSPS) is 11.3. The Kier molecular flexibility index (Phi) is 7.83. The van der Waals surface area contributed by atoms with Gasteiger partial charge in [-0.1, -0.05) is 17.3 Å². The molecule has 2 aromatic heterocycles. The fraction of sp³-hybridized carbons (Fsp3) is 0.250. The first-order valence-electron chi connectivity index (χ1n) is 11.1. The van der Waals surface area contributed by atoms with E-state index in [1.165, 1.54) is 11.8 Å². The third-order valence-electron chi connectivity index (χ3n) is 5.13. The summed E-state index contributed by atoms with van der Waals surface area (Å²) in [7, 11) is 0. The van der Waals surface area contributed by atoms with Crippen molar-refractivity contribution in [1.29, 1.82) is 0 Å². The Balaban J connectivity index is 1.18. The molecule has 0 unspecified atom stereocenters. The number of carbonyl (C=O) groups is 1. The Bertz CT molecular complexity index is 1240. The van der Waals surface area contributed by atoms with E-state index < -0.39 is 17.8 Å². The molecule has 4 rings (SSSR count). The molecule has 0 aliphatic rings. The number of hydrogen-bond acceptors (Lipinski definition) is 6. The fourth-order valence-electron chi connectivity index (χ4n) is 3.30. The van der Waals surface area contributed by atoms with Gasteiger partial charge in [0.25, 0.3) is 0 Å². The zero-order valence-electron chi connectivity index (χ0n) is 19.0. The molecular formula is C24H23F3N6O3. The highest BCUT2D eigenvalue weighted by molar-refractivity contribution is 5.98. The summed E-state index contributed by atoms with van der Waals surface area (Å²) in [5.74, 6) is 0.666. The number of oxazole rings is 1. The smallest absolute Gasteiger partial charge is 0.416 e. The van der Waals surface area contributed by atoms with E-state index >= 15 is 0 Å². The van der Waals surface area contributed by atoms with Gasteiger partial charge in [-0.25, -0.2) is 4.79 Å². The first-order chi connectivity index (χ1) is 17.3. The number of ether oxygens (including phenoxy) is 1. The van der Waals surface area contributed by atoms with Crippen molar-refractivity contribution in [1.82, 2.24) is 20.0 Å². The van der Waals surface area contributed by atoms with E-state index in [2.05, 4.69) is 25.9 Å². The molecule has 0 aliphatic carbocycles. The van der Waals surface area contributed by atoms with Crippen LogP contribution in [0.2, 0.25) is 0 Å². The number of carbonyl (C=O) groups excluding carboxylic acids is 1. The van der Waals surface area contributed by atoms with E-state index in [9.17, 15) is 18.0 Å². The zero-order valence-corrected chi connectivity index (χ0v) is 19.0. The minimum absolute atomic E-state index is 0.0701. The van der Waals surface area contributed by atoms with Crippen LogP contribution in [0.1, 0.15) is 29.7 Å². The number of nitrogens with one attached hydrogen (secondary N) is 2. The predicted octanol–water partition coefficient (Wildman–Crippen LogP) is 5.53. The van der Waals surface area contributed by atoms with Crippen LogP contribution < -0.4 is 15.4 Å². The van der Waals surface area contributed by atoms with E-state index in [-0.39, 0.29) is 18.3 Å². The molecule has 0 radical (unpaired) electrons. The number of halogens is 3. The maximum Gasteiger partial charge on any atom is 0.416 e. The molecule has 0 saturated heterocycles. The lowest BCUT2D eigenvalue weighted by atomic mass is 10.1. The van der Waals surface area contributed by atoms with Gasteiger partial charge in [0.2, 0.25) is 0 Å². The Morgan fingerprint density at radius 2 is 1.81 bits per heavy atom. The standard InChI is InChI=1S/C24H23F3N6O3/c25-24(26,27)18-6-8-19(9-7-18)29-22(34)31-23-30-20(16-36-23)15-35-21-10-4-17(5-11-21)3-1-2-13-33-14-12-28-32-33/h4-12,14,16H,1-3,13,15H2,(H2,29,30,31,34). The fourth-order valence-corrected chi connectivity index (χ4v) is 3.30. The van der Waals surface area contributed by atoms with Gasteiger partial charge in [-0.05, 0) is 61.2 Å². The molecule has 2 N–H and O–H groups in total. The molecule has 12 heteroatoms. The molecule has 2 amide bonds. The van der Waals surface area contributed by atoms with Gasteiger partial charge in [0.05, 0.1) is 11.8 Å². The number of anilines is 2. The van der Waals surface area contributed by atoms with Gasteiger partial charge in [0.1, 0.15) is 24.3 Å². The van der Waals surface area contributed by atoms with Crippen LogP contribution in [0.25, 0.3) is 0 Å². The van der Waals surface area contributed by atoms with Crippen LogP contribution >= 0.6 is 0 Å². The van der Waals surface area contributed by atoms with Crippen LogP contribution in [-0.4, -0.2) is 26.0 Å². The second-order valence-corrected chi connectivity index (χ2v) is 7.85. The van der Waals surface area contributed by atoms with Crippen LogP contribution in [0.5, 0.6) is 5.75 Å². The number of hydrogen-bond donors (Lipinski definition) is 2. The molecule has 188 valence electrons. The molecule has 0 saturated carbocycles. The minimum Gasteiger partial charge on any atom is -0.487 e. The second-order valence-electron chi connectivity index (χ2n) is 7.85. The highest BCUT2D eigenvalue weighted by Crippen LogP contribution is 2.29. The summed E-state index contributed by atoms with van der Waals surface area (Å²) in [5, 5.41) is 12.5. The molecule has 0 atom stereocenters. The summed E-state index contributed by atoms with van der Waals surface area (Å²) in [6.07, 6.45) is 3.39. The molecule has 0 aliphatic heterocycles. The number of nitrogens with zero attached hydrogens (tertiary/aromatic N) is 4. The summed E-state index contributed by atoms with van der Waals surface area (Å²) >= 11 is 0. The van der Waals surface area contributed by atoms with Crippen molar-refractivity contribution in [2.24, 2.45) is 0 Å². The number of amides is 2. The topological polar surface area (TPSA) is 107 Å². The van der Waals surface area contributed by atoms with Gasteiger partial charge < -0.3 is 14.5 Å². The highest BCUT2D eigenvalue weighted by atomic mass is 19.4. The minimum atomic E-state index is -4.45. The first-order valence-corrected chi connectivity index (χ1v) is 11.1. The lowest BCUT2D eigenvalue weighted by Crippen LogP contribution is -2.19. The van der Waals surface area contributed by atoms with Gasteiger partial charge in [0.15, 0.2) is 0 Å². The van der Waals surface area contributed by atoms with E-state index in [1.807, 2.05) is 35.1 Å². The van der Waals surface area contributed by atoms with Crippen LogP contribution in [0.4, 0.5) is 29.7 Å². The Morgan fingerprint density at radius 1 is 1.03 bits per heavy atom. The summed E-state index contributed by atoms with van der Waals surface area (Å²) in [6, 6.07) is 11.1. The largest absolute Gasteiger partial charge is 0.487 e. The summed E-state index contributed by atoms with van der Waals surface area (Å²) in [4.78, 5) is 16.2. The number of aromatic nitrogens is 4. The number of urea groups is 1. The molecule has 0 fully saturated rings. The number of rotatable bonds is 10. The lowest BCUT2D eigenvalue weighted by molar-refractivity contribution is -0.137. The molecule has 0 spiro atoms. The maximum atomic E-state index is 12.6. The van der Waals surface area contributed by atoms with Crippen LogP contribution in [0.15, 0.2) is 71.6 Å². The Hall–Kier alpha value is -4.35. The molecule has 2 heterocycles. The van der Waals surface area contributed by atoms with E-state index in [4.69, 9.17) is 9.15 Å². The van der Waals surface area contributed by atoms with E-state index in [0.29, 0.717) is 11.4 Å². The summed E-state index contributed by atoms with van der Waals surface area (Å²) in [5.41, 5.74) is 1.04. The summed E-state index contributed by atoms with van der Waals surface area (Å²) < 4.78 is 50.6. The third kappa shape index (κ3) is 7.32. The molecule has 4 aromatic rings.